The van der Waals surface area contributed by atoms with Crippen LogP contribution in [0.15, 0.2) is 48.5 Å². The molecule has 124 valence electrons. The van der Waals surface area contributed by atoms with E-state index < -0.39 is 0 Å². The molecule has 0 amide bonds. The second kappa shape index (κ2) is 7.13. The molecule has 24 heavy (non-hydrogen) atoms. The van der Waals surface area contributed by atoms with Crippen LogP contribution >= 0.6 is 11.6 Å². The Morgan fingerprint density at radius 3 is 2.71 bits per heavy atom. The molecule has 1 saturated heterocycles. The van der Waals surface area contributed by atoms with E-state index >= 15 is 0 Å². The van der Waals surface area contributed by atoms with E-state index in [-0.39, 0.29) is 0 Å². The first-order valence-corrected chi connectivity index (χ1v) is 9.40. The first kappa shape index (κ1) is 15.9. The quantitative estimate of drug-likeness (QED) is 0.725. The molecule has 2 aromatic rings. The summed E-state index contributed by atoms with van der Waals surface area (Å²) in [6, 6.07) is 15.3. The predicted octanol–water partition coefficient (Wildman–Crippen LogP) is 5.36. The Labute approximate surface area is 149 Å². The average Bonchev–Trinajstić information content (AvgIpc) is 3.06. The summed E-state index contributed by atoms with van der Waals surface area (Å²) in [6.45, 7) is 3.34. The summed E-state index contributed by atoms with van der Waals surface area (Å²) >= 11 is 6.29. The van der Waals surface area contributed by atoms with E-state index in [2.05, 4.69) is 47.4 Å². The maximum absolute atomic E-state index is 6.29. The van der Waals surface area contributed by atoms with Gasteiger partial charge in [0.15, 0.2) is 0 Å². The Morgan fingerprint density at radius 1 is 1.04 bits per heavy atom. The van der Waals surface area contributed by atoms with Crippen molar-refractivity contribution >= 4 is 17.7 Å². The van der Waals surface area contributed by atoms with E-state index in [1.165, 1.54) is 54.6 Å². The number of likely N-dealkylation sites (tertiary alicyclic amines) is 1. The maximum atomic E-state index is 6.29. The van der Waals surface area contributed by atoms with Crippen LogP contribution in [0, 0.1) is 5.92 Å². The molecule has 1 aliphatic heterocycles. The average molecular weight is 338 g/mol. The van der Waals surface area contributed by atoms with Crippen LogP contribution in [0.4, 0.5) is 0 Å². The van der Waals surface area contributed by atoms with Crippen molar-refractivity contribution in [2.45, 2.75) is 32.2 Å². The van der Waals surface area contributed by atoms with Gasteiger partial charge in [0.1, 0.15) is 0 Å². The van der Waals surface area contributed by atoms with Crippen LogP contribution in [0.2, 0.25) is 5.02 Å². The van der Waals surface area contributed by atoms with Crippen molar-refractivity contribution in [3.8, 4) is 0 Å². The van der Waals surface area contributed by atoms with Crippen molar-refractivity contribution in [1.82, 2.24) is 4.90 Å². The van der Waals surface area contributed by atoms with Crippen LogP contribution in [-0.2, 0) is 19.4 Å². The highest BCUT2D eigenvalue weighted by Gasteiger charge is 2.20. The molecular weight excluding hydrogens is 314 g/mol. The molecule has 0 spiro atoms. The molecule has 2 aliphatic rings. The van der Waals surface area contributed by atoms with Crippen molar-refractivity contribution < 1.29 is 0 Å². The van der Waals surface area contributed by atoms with Crippen molar-refractivity contribution in [2.75, 3.05) is 13.1 Å². The molecule has 0 unspecified atom stereocenters. The van der Waals surface area contributed by atoms with Gasteiger partial charge in [-0.05, 0) is 73.0 Å². The second-order valence-electron chi connectivity index (χ2n) is 7.15. The molecule has 1 aliphatic carbocycles. The van der Waals surface area contributed by atoms with Crippen LogP contribution in [0.5, 0.6) is 0 Å². The lowest BCUT2D eigenvalue weighted by atomic mass is 9.89. The van der Waals surface area contributed by atoms with E-state index in [0.29, 0.717) is 0 Å². The Hall–Kier alpha value is -1.57. The van der Waals surface area contributed by atoms with Gasteiger partial charge in [0.05, 0.1) is 0 Å². The fraction of sp³-hybridized carbons (Fsp3) is 0.364. The summed E-state index contributed by atoms with van der Waals surface area (Å²) in [6.07, 6.45) is 9.44. The lowest BCUT2D eigenvalue weighted by Crippen LogP contribution is -2.33. The highest BCUT2D eigenvalue weighted by Crippen LogP contribution is 2.27. The number of fused-ring (bicyclic) bond motifs is 1. The van der Waals surface area contributed by atoms with Gasteiger partial charge in [-0.3, -0.25) is 4.90 Å². The third-order valence-corrected chi connectivity index (χ3v) is 5.80. The zero-order valence-corrected chi connectivity index (χ0v) is 14.8. The van der Waals surface area contributed by atoms with Gasteiger partial charge in [-0.2, -0.15) is 0 Å². The number of benzene rings is 2. The molecule has 0 atom stereocenters. The fourth-order valence-corrected chi connectivity index (χ4v) is 4.17. The molecule has 0 aromatic heterocycles. The van der Waals surface area contributed by atoms with Gasteiger partial charge in [-0.15, -0.1) is 0 Å². The number of hydrogen-bond acceptors (Lipinski definition) is 1. The summed E-state index contributed by atoms with van der Waals surface area (Å²) in [5.41, 5.74) is 5.67. The molecule has 1 heterocycles. The van der Waals surface area contributed by atoms with Crippen molar-refractivity contribution in [3.05, 3.63) is 75.8 Å². The SMILES string of the molecule is Clc1ccccc1CN1CCC(Cc2ccc3c(c2)C=CC3)CC1. The van der Waals surface area contributed by atoms with Gasteiger partial charge in [0.2, 0.25) is 0 Å². The fourth-order valence-electron chi connectivity index (χ4n) is 3.97. The smallest absolute Gasteiger partial charge is 0.0451 e. The number of rotatable bonds is 4. The summed E-state index contributed by atoms with van der Waals surface area (Å²) in [7, 11) is 0. The molecule has 0 N–H and O–H groups in total. The normalized spacial score (nSPS) is 18.0. The first-order chi connectivity index (χ1) is 11.8. The van der Waals surface area contributed by atoms with Crippen LogP contribution in [0.25, 0.3) is 6.08 Å². The first-order valence-electron chi connectivity index (χ1n) is 9.02. The Bertz CT molecular complexity index is 741. The van der Waals surface area contributed by atoms with Crippen molar-refractivity contribution in [1.29, 1.82) is 0 Å². The number of piperidine rings is 1. The van der Waals surface area contributed by atoms with Crippen LogP contribution in [0.1, 0.15) is 35.1 Å². The highest BCUT2D eigenvalue weighted by molar-refractivity contribution is 6.31. The van der Waals surface area contributed by atoms with Crippen LogP contribution in [-0.4, -0.2) is 18.0 Å². The van der Waals surface area contributed by atoms with E-state index in [9.17, 15) is 0 Å². The maximum Gasteiger partial charge on any atom is 0.0451 e. The third kappa shape index (κ3) is 3.58. The van der Waals surface area contributed by atoms with Gasteiger partial charge in [0.25, 0.3) is 0 Å². The van der Waals surface area contributed by atoms with Crippen molar-refractivity contribution in [3.63, 3.8) is 0 Å². The molecule has 1 fully saturated rings. The standard InChI is InChI=1S/C22H24ClN/c23-22-7-2-1-4-21(22)16-24-12-10-17(11-13-24)14-18-8-9-19-5-3-6-20(19)15-18/h1-4,6-9,15,17H,5,10-14,16H2. The second-order valence-corrected chi connectivity index (χ2v) is 7.56. The number of hydrogen-bond donors (Lipinski definition) is 0. The van der Waals surface area contributed by atoms with Crippen molar-refractivity contribution in [2.24, 2.45) is 5.92 Å². The molecule has 2 aromatic carbocycles. The molecule has 1 nitrogen and oxygen atoms in total. The van der Waals surface area contributed by atoms with Gasteiger partial charge >= 0.3 is 0 Å². The molecule has 0 bridgehead atoms. The molecule has 0 saturated carbocycles. The minimum absolute atomic E-state index is 0.816. The minimum atomic E-state index is 0.816. The Kier molecular flexibility index (Phi) is 4.73. The van der Waals surface area contributed by atoms with Crippen LogP contribution in [0.3, 0.4) is 0 Å². The third-order valence-electron chi connectivity index (χ3n) is 5.43. The summed E-state index contributed by atoms with van der Waals surface area (Å²) < 4.78 is 0. The molecule has 0 radical (unpaired) electrons. The van der Waals surface area contributed by atoms with E-state index in [1.807, 2.05) is 12.1 Å². The van der Waals surface area contributed by atoms with Gasteiger partial charge in [-0.1, -0.05) is 60.2 Å². The van der Waals surface area contributed by atoms with E-state index in [4.69, 9.17) is 11.6 Å². The summed E-state index contributed by atoms with van der Waals surface area (Å²) in [5, 5.41) is 0.894. The van der Waals surface area contributed by atoms with E-state index in [0.717, 1.165) is 23.9 Å². The Morgan fingerprint density at radius 2 is 1.88 bits per heavy atom. The summed E-state index contributed by atoms with van der Waals surface area (Å²) in [5.74, 6) is 0.816. The highest BCUT2D eigenvalue weighted by atomic mass is 35.5. The summed E-state index contributed by atoms with van der Waals surface area (Å²) in [4.78, 5) is 2.54. The molecule has 4 rings (SSSR count). The van der Waals surface area contributed by atoms with Gasteiger partial charge in [0, 0.05) is 11.6 Å². The lowest BCUT2D eigenvalue weighted by molar-refractivity contribution is 0.177. The largest absolute Gasteiger partial charge is 0.299 e. The predicted molar refractivity (Wildman–Crippen MR) is 102 cm³/mol. The number of nitrogens with zero attached hydrogens (tertiary/aromatic N) is 1. The minimum Gasteiger partial charge on any atom is -0.299 e. The Balaban J connectivity index is 1.32. The van der Waals surface area contributed by atoms with Gasteiger partial charge in [-0.25, -0.2) is 0 Å². The number of halogens is 1. The lowest BCUT2D eigenvalue weighted by Gasteiger charge is -2.32. The van der Waals surface area contributed by atoms with E-state index in [1.54, 1.807) is 0 Å². The number of allylic oxidation sites excluding steroid dienone is 1. The topological polar surface area (TPSA) is 3.24 Å². The van der Waals surface area contributed by atoms with Gasteiger partial charge < -0.3 is 0 Å². The molecule has 2 heteroatoms. The zero-order chi connectivity index (χ0) is 16.4. The molecular formula is C22H24ClN. The zero-order valence-electron chi connectivity index (χ0n) is 14.0. The monoisotopic (exact) mass is 337 g/mol. The van der Waals surface area contributed by atoms with Crippen LogP contribution < -0.4 is 0 Å².